The Labute approximate surface area is 87.4 Å². The molecule has 0 aromatic carbocycles. The maximum absolute atomic E-state index is 11.5. The molecule has 0 spiro atoms. The summed E-state index contributed by atoms with van der Waals surface area (Å²) in [7, 11) is 0. The first-order chi connectivity index (χ1) is 7.20. The van der Waals surface area contributed by atoms with Gasteiger partial charge in [-0.2, -0.15) is 0 Å². The first-order valence-electron chi connectivity index (χ1n) is 4.54. The predicted octanol–water partition coefficient (Wildman–Crippen LogP) is 0.815. The van der Waals surface area contributed by atoms with Crippen LogP contribution in [0, 0.1) is 0 Å². The Morgan fingerprint density at radius 3 is 3.00 bits per heavy atom. The highest BCUT2D eigenvalue weighted by Gasteiger charge is 2.21. The molecular weight excluding hydrogens is 196 g/mol. The van der Waals surface area contributed by atoms with Gasteiger partial charge >= 0.3 is 11.8 Å². The van der Waals surface area contributed by atoms with Crippen molar-refractivity contribution in [1.29, 1.82) is 0 Å². The van der Waals surface area contributed by atoms with E-state index in [2.05, 4.69) is 16.3 Å². The minimum atomic E-state index is -0.881. The van der Waals surface area contributed by atoms with Gasteiger partial charge in [0.1, 0.15) is 0 Å². The number of esters is 1. The molecule has 1 heterocycles. The number of ketones is 1. The number of allylic oxidation sites excluding steroid dienone is 1. The maximum atomic E-state index is 11.5. The minimum Gasteiger partial charge on any atom is -0.460 e. The summed E-state index contributed by atoms with van der Waals surface area (Å²) in [5.41, 5.74) is 0. The van der Waals surface area contributed by atoms with Crippen molar-refractivity contribution >= 4 is 11.8 Å². The van der Waals surface area contributed by atoms with E-state index in [0.717, 1.165) is 0 Å². The van der Waals surface area contributed by atoms with Crippen LogP contribution in [-0.2, 0) is 16.1 Å². The molecule has 5 nitrogen and oxygen atoms in total. The smallest absolute Gasteiger partial charge is 0.383 e. The molecule has 0 unspecified atom stereocenters. The summed E-state index contributed by atoms with van der Waals surface area (Å²) in [6, 6.07) is 0. The second-order valence-electron chi connectivity index (χ2n) is 2.74. The fourth-order valence-electron chi connectivity index (χ4n) is 1.09. The van der Waals surface area contributed by atoms with Crippen LogP contribution in [0.4, 0.5) is 0 Å². The topological polar surface area (TPSA) is 61.2 Å². The molecule has 0 aliphatic rings. The van der Waals surface area contributed by atoms with Gasteiger partial charge in [-0.1, -0.05) is 6.08 Å². The van der Waals surface area contributed by atoms with Crippen LogP contribution in [0.1, 0.15) is 17.5 Å². The van der Waals surface area contributed by atoms with Crippen LogP contribution in [0.2, 0.25) is 0 Å². The second kappa shape index (κ2) is 5.09. The van der Waals surface area contributed by atoms with Crippen molar-refractivity contribution in [3.05, 3.63) is 30.9 Å². The Morgan fingerprint density at radius 2 is 2.40 bits per heavy atom. The zero-order valence-electron chi connectivity index (χ0n) is 8.47. The van der Waals surface area contributed by atoms with E-state index in [1.807, 2.05) is 0 Å². The summed E-state index contributed by atoms with van der Waals surface area (Å²) in [5.74, 6) is -1.54. The van der Waals surface area contributed by atoms with Crippen molar-refractivity contribution in [2.24, 2.45) is 0 Å². The molecule has 0 N–H and O–H groups in total. The van der Waals surface area contributed by atoms with Crippen LogP contribution in [0.25, 0.3) is 0 Å². The Bertz CT molecular complexity index is 382. The van der Waals surface area contributed by atoms with Crippen molar-refractivity contribution < 1.29 is 14.3 Å². The zero-order chi connectivity index (χ0) is 11.3. The van der Waals surface area contributed by atoms with Gasteiger partial charge in [0.05, 0.1) is 6.61 Å². The summed E-state index contributed by atoms with van der Waals surface area (Å²) in [5, 5.41) is 0. The number of rotatable bonds is 5. The van der Waals surface area contributed by atoms with E-state index < -0.39 is 11.8 Å². The van der Waals surface area contributed by atoms with Crippen LogP contribution in [0.15, 0.2) is 25.0 Å². The second-order valence-corrected chi connectivity index (χ2v) is 2.74. The molecular formula is C10H12N2O3. The quantitative estimate of drug-likeness (QED) is 0.311. The molecule has 0 amide bonds. The standard InChI is InChI=1S/C10H12N2O3/c1-3-6-12-7-5-11-9(12)8(13)10(14)15-4-2/h3,5,7H,1,4,6H2,2H3. The van der Waals surface area contributed by atoms with Crippen LogP contribution in [-0.4, -0.2) is 27.9 Å². The van der Waals surface area contributed by atoms with E-state index >= 15 is 0 Å². The summed E-state index contributed by atoms with van der Waals surface area (Å²) in [6.45, 7) is 5.79. The molecule has 0 aliphatic heterocycles. The monoisotopic (exact) mass is 208 g/mol. The zero-order valence-corrected chi connectivity index (χ0v) is 8.47. The van der Waals surface area contributed by atoms with E-state index in [-0.39, 0.29) is 12.4 Å². The number of imidazole rings is 1. The highest BCUT2D eigenvalue weighted by molar-refractivity contribution is 6.39. The summed E-state index contributed by atoms with van der Waals surface area (Å²) in [6.07, 6.45) is 4.67. The fraction of sp³-hybridized carbons (Fsp3) is 0.300. The molecule has 0 atom stereocenters. The molecule has 0 saturated heterocycles. The van der Waals surface area contributed by atoms with Crippen molar-refractivity contribution in [2.75, 3.05) is 6.61 Å². The van der Waals surface area contributed by atoms with E-state index in [1.165, 1.54) is 10.8 Å². The average Bonchev–Trinajstić information content (AvgIpc) is 2.66. The van der Waals surface area contributed by atoms with Gasteiger partial charge < -0.3 is 9.30 Å². The van der Waals surface area contributed by atoms with Gasteiger partial charge in [0, 0.05) is 18.9 Å². The number of Topliss-reactive ketones (excluding diaryl/α,β-unsaturated/α-hetero) is 1. The van der Waals surface area contributed by atoms with Crippen molar-refractivity contribution in [1.82, 2.24) is 9.55 Å². The molecule has 0 bridgehead atoms. The largest absolute Gasteiger partial charge is 0.460 e. The van der Waals surface area contributed by atoms with E-state index in [9.17, 15) is 9.59 Å². The van der Waals surface area contributed by atoms with Gasteiger partial charge in [-0.05, 0) is 6.92 Å². The average molecular weight is 208 g/mol. The van der Waals surface area contributed by atoms with Crippen molar-refractivity contribution in [3.63, 3.8) is 0 Å². The Hall–Kier alpha value is -1.91. The lowest BCUT2D eigenvalue weighted by atomic mass is 10.3. The first kappa shape index (κ1) is 11.2. The molecule has 0 aliphatic carbocycles. The number of ether oxygens (including phenoxy) is 1. The Balaban J connectivity index is 2.85. The number of hydrogen-bond acceptors (Lipinski definition) is 4. The lowest BCUT2D eigenvalue weighted by Gasteiger charge is -2.03. The third-order valence-corrected chi connectivity index (χ3v) is 1.71. The third-order valence-electron chi connectivity index (χ3n) is 1.71. The molecule has 0 radical (unpaired) electrons. The molecule has 80 valence electrons. The summed E-state index contributed by atoms with van der Waals surface area (Å²) in [4.78, 5) is 26.4. The third kappa shape index (κ3) is 2.52. The lowest BCUT2D eigenvalue weighted by molar-refractivity contribution is -0.137. The summed E-state index contributed by atoms with van der Waals surface area (Å²) < 4.78 is 6.13. The number of carbonyl (C=O) groups excluding carboxylic acids is 2. The highest BCUT2D eigenvalue weighted by atomic mass is 16.5. The number of aromatic nitrogens is 2. The van der Waals surface area contributed by atoms with Gasteiger partial charge in [0.15, 0.2) is 5.82 Å². The van der Waals surface area contributed by atoms with Crippen LogP contribution < -0.4 is 0 Å². The molecule has 0 fully saturated rings. The van der Waals surface area contributed by atoms with Gasteiger partial charge in [0.25, 0.3) is 0 Å². The molecule has 1 rings (SSSR count). The van der Waals surface area contributed by atoms with Crippen molar-refractivity contribution in [2.45, 2.75) is 13.5 Å². The van der Waals surface area contributed by atoms with Gasteiger partial charge in [0.2, 0.25) is 0 Å². The highest BCUT2D eigenvalue weighted by Crippen LogP contribution is 2.00. The molecule has 1 aromatic rings. The summed E-state index contributed by atoms with van der Waals surface area (Å²) >= 11 is 0. The van der Waals surface area contributed by atoms with Crippen LogP contribution >= 0.6 is 0 Å². The number of carbonyl (C=O) groups is 2. The maximum Gasteiger partial charge on any atom is 0.383 e. The number of nitrogens with zero attached hydrogens (tertiary/aromatic N) is 2. The van der Waals surface area contributed by atoms with Gasteiger partial charge in [-0.25, -0.2) is 9.78 Å². The molecule has 5 heteroatoms. The molecule has 15 heavy (non-hydrogen) atoms. The number of hydrogen-bond donors (Lipinski definition) is 0. The fourth-order valence-corrected chi connectivity index (χ4v) is 1.09. The van der Waals surface area contributed by atoms with Crippen LogP contribution in [0.3, 0.4) is 0 Å². The van der Waals surface area contributed by atoms with Crippen molar-refractivity contribution in [3.8, 4) is 0 Å². The normalized spacial score (nSPS) is 9.67. The Morgan fingerprint density at radius 1 is 1.67 bits per heavy atom. The molecule has 1 aromatic heterocycles. The lowest BCUT2D eigenvalue weighted by Crippen LogP contribution is -2.21. The Kier molecular flexibility index (Phi) is 3.79. The van der Waals surface area contributed by atoms with Gasteiger partial charge in [-0.3, -0.25) is 4.79 Å². The van der Waals surface area contributed by atoms with E-state index in [4.69, 9.17) is 0 Å². The van der Waals surface area contributed by atoms with Gasteiger partial charge in [-0.15, -0.1) is 6.58 Å². The van der Waals surface area contributed by atoms with Crippen LogP contribution in [0.5, 0.6) is 0 Å². The first-order valence-corrected chi connectivity index (χ1v) is 4.54. The SMILES string of the molecule is C=CCn1ccnc1C(=O)C(=O)OCC. The van der Waals surface area contributed by atoms with E-state index in [0.29, 0.717) is 6.54 Å². The molecule has 0 saturated carbocycles. The minimum absolute atomic E-state index is 0.0772. The predicted molar refractivity (Wildman–Crippen MR) is 53.4 cm³/mol. The van der Waals surface area contributed by atoms with E-state index in [1.54, 1.807) is 19.2 Å².